The molecule has 0 bridgehead atoms. The molecule has 0 radical (unpaired) electrons. The summed E-state index contributed by atoms with van der Waals surface area (Å²) < 4.78 is 17.2. The molecule has 5 aromatic heterocycles. The van der Waals surface area contributed by atoms with Gasteiger partial charge in [-0.3, -0.25) is 4.68 Å². The molecule has 66 heavy (non-hydrogen) atoms. The fourth-order valence-corrected chi connectivity index (χ4v) is 9.66. The van der Waals surface area contributed by atoms with Gasteiger partial charge >= 0.3 is 0 Å². The van der Waals surface area contributed by atoms with E-state index in [9.17, 15) is 0 Å². The van der Waals surface area contributed by atoms with Crippen LogP contribution in [0.5, 0.6) is 0 Å². The summed E-state index contributed by atoms with van der Waals surface area (Å²) >= 11 is 3.52. The quantitative estimate of drug-likeness (QED) is 0.155. The largest absolute Gasteiger partial charge is 0.468 e. The van der Waals surface area contributed by atoms with Gasteiger partial charge in [-0.2, -0.15) is 5.10 Å². The lowest BCUT2D eigenvalue weighted by atomic mass is 9.79. The van der Waals surface area contributed by atoms with E-state index in [1.165, 1.54) is 43.3 Å². The normalized spacial score (nSPS) is 13.4. The monoisotopic (exact) mass is 949 g/mol. The van der Waals surface area contributed by atoms with Crippen molar-refractivity contribution in [1.82, 2.24) is 19.3 Å². The Morgan fingerprint density at radius 1 is 0.409 bits per heavy atom. The topological polar surface area (TPSA) is 69.9 Å². The van der Waals surface area contributed by atoms with Crippen molar-refractivity contribution >= 4 is 22.9 Å². The number of aryl methyl sites for hydroxylation is 1. The molecule has 0 unspecified atom stereocenters. The maximum absolute atomic E-state index is 5.56. The minimum Gasteiger partial charge on any atom is -0.468 e. The summed E-state index contributed by atoms with van der Waals surface area (Å²) in [7, 11) is 2.02. The second-order valence-corrected chi connectivity index (χ2v) is 30.2. The third kappa shape index (κ3) is 18.2. The van der Waals surface area contributed by atoms with Gasteiger partial charge in [0.1, 0.15) is 11.5 Å². The Bertz CT molecular complexity index is 1840. The SMILES string of the molecule is CC(C)(C)c1ccoc1C(C)(C)C.CC(C)(C)c1ccsc1C(C)(C)C.CC(C)(C)c1cnoc1C(C)(C)C.CC(C)(C)c1cnsc1C(C)(C)C.Cn1ncc(C(C)(C)C)c1C(C)(C)C. The van der Waals surface area contributed by atoms with Crippen molar-refractivity contribution in [3.63, 3.8) is 0 Å². The van der Waals surface area contributed by atoms with E-state index in [4.69, 9.17) is 8.94 Å². The van der Waals surface area contributed by atoms with Crippen molar-refractivity contribution in [3.8, 4) is 0 Å². The highest BCUT2D eigenvalue weighted by Gasteiger charge is 2.32. The average Bonchev–Trinajstić information content (AvgIpc) is 3.90. The molecule has 0 aliphatic heterocycles. The second kappa shape index (κ2) is 21.3. The first-order valence-electron chi connectivity index (χ1n) is 24.2. The zero-order chi connectivity index (χ0) is 52.3. The van der Waals surface area contributed by atoms with Gasteiger partial charge in [0.2, 0.25) is 0 Å². The first-order valence-corrected chi connectivity index (χ1v) is 25.8. The summed E-state index contributed by atoms with van der Waals surface area (Å²) in [4.78, 5) is 2.94. The number of furan rings is 1. The molecule has 376 valence electrons. The van der Waals surface area contributed by atoms with Crippen LogP contribution < -0.4 is 0 Å². The van der Waals surface area contributed by atoms with E-state index >= 15 is 0 Å². The van der Waals surface area contributed by atoms with E-state index in [0.717, 1.165) is 11.5 Å². The van der Waals surface area contributed by atoms with Gasteiger partial charge in [0.05, 0.1) is 18.7 Å². The number of thiophene rings is 1. The zero-order valence-electron chi connectivity index (χ0n) is 48.5. The Hall–Kier alpha value is -2.97. The lowest BCUT2D eigenvalue weighted by Gasteiger charge is -2.26. The molecule has 0 atom stereocenters. The lowest BCUT2D eigenvalue weighted by molar-refractivity contribution is 0.322. The summed E-state index contributed by atoms with van der Waals surface area (Å²) in [5, 5.41) is 10.5. The van der Waals surface area contributed by atoms with E-state index in [0.29, 0.717) is 0 Å². The summed E-state index contributed by atoms with van der Waals surface area (Å²) in [6.07, 6.45) is 7.65. The van der Waals surface area contributed by atoms with Crippen molar-refractivity contribution in [2.45, 2.75) is 262 Å². The van der Waals surface area contributed by atoms with Crippen molar-refractivity contribution in [1.29, 1.82) is 0 Å². The van der Waals surface area contributed by atoms with Gasteiger partial charge in [0.15, 0.2) is 0 Å². The first-order chi connectivity index (χ1) is 29.0. The van der Waals surface area contributed by atoms with Crippen LogP contribution >= 0.6 is 22.9 Å². The Morgan fingerprint density at radius 2 is 0.848 bits per heavy atom. The van der Waals surface area contributed by atoms with Gasteiger partial charge in [0.25, 0.3) is 0 Å². The van der Waals surface area contributed by atoms with Crippen LogP contribution in [0.25, 0.3) is 0 Å². The van der Waals surface area contributed by atoms with E-state index in [1.54, 1.807) is 17.8 Å². The van der Waals surface area contributed by atoms with Gasteiger partial charge in [-0.25, -0.2) is 4.37 Å². The number of hydrogen-bond acceptors (Lipinski definition) is 7. The number of aromatic nitrogens is 4. The molecule has 0 amide bonds. The maximum Gasteiger partial charge on any atom is 0.145 e. The molecule has 0 saturated carbocycles. The van der Waals surface area contributed by atoms with Crippen LogP contribution in [-0.2, 0) is 61.2 Å². The molecule has 0 saturated heterocycles. The van der Waals surface area contributed by atoms with E-state index in [2.05, 4.69) is 240 Å². The standard InChI is InChI=1S/C12H22N2.C12H20O.C12H20S.C11H19NO.C11H19NS/c1-11(2,3)9-8-13-14(7)10(9)12(4,5)6;2*1-11(2,3)9-7-8-13-10(9)12(4,5)6;2*1-10(2,3)8-7-12-13-9(8)11(4,5)6/h8H,1-7H3;2*7-8H,1-6H3;2*7H,1-6H3. The summed E-state index contributed by atoms with van der Waals surface area (Å²) in [6.45, 7) is 66.7. The van der Waals surface area contributed by atoms with Crippen LogP contribution in [0, 0.1) is 0 Å². The van der Waals surface area contributed by atoms with E-state index < -0.39 is 0 Å². The summed E-state index contributed by atoms with van der Waals surface area (Å²) in [5.41, 5.74) is 9.90. The van der Waals surface area contributed by atoms with Crippen molar-refractivity contribution in [2.75, 3.05) is 0 Å². The number of nitrogens with zero attached hydrogens (tertiary/aromatic N) is 4. The molecular weight excluding hydrogens is 849 g/mol. The Kier molecular flexibility index (Phi) is 19.7. The van der Waals surface area contributed by atoms with Crippen LogP contribution in [0.15, 0.2) is 51.3 Å². The van der Waals surface area contributed by atoms with E-state index in [1.807, 2.05) is 41.7 Å². The highest BCUT2D eigenvalue weighted by molar-refractivity contribution is 7.10. The first kappa shape index (κ1) is 61.0. The van der Waals surface area contributed by atoms with Crippen LogP contribution in [-0.4, -0.2) is 19.3 Å². The zero-order valence-corrected chi connectivity index (χ0v) is 50.1. The van der Waals surface area contributed by atoms with Gasteiger partial charge in [-0.1, -0.05) is 213 Å². The van der Waals surface area contributed by atoms with E-state index in [-0.39, 0.29) is 54.1 Å². The van der Waals surface area contributed by atoms with Crippen LogP contribution in [0.1, 0.15) is 262 Å². The predicted octanol–water partition coefficient (Wildman–Crippen LogP) is 18.2. The highest BCUT2D eigenvalue weighted by Crippen LogP contribution is 2.39. The van der Waals surface area contributed by atoms with Crippen LogP contribution in [0.3, 0.4) is 0 Å². The molecule has 0 spiro atoms. The predicted molar refractivity (Wildman–Crippen MR) is 292 cm³/mol. The van der Waals surface area contributed by atoms with Crippen molar-refractivity contribution in [2.24, 2.45) is 7.05 Å². The molecule has 6 nitrogen and oxygen atoms in total. The molecule has 5 aromatic rings. The molecule has 5 heterocycles. The second-order valence-electron chi connectivity index (χ2n) is 28.5. The maximum atomic E-state index is 5.56. The van der Waals surface area contributed by atoms with Gasteiger partial charge in [0, 0.05) is 50.5 Å². The number of rotatable bonds is 0. The fourth-order valence-electron chi connectivity index (χ4n) is 7.47. The van der Waals surface area contributed by atoms with Gasteiger partial charge in [-0.15, -0.1) is 11.3 Å². The molecule has 8 heteroatoms. The van der Waals surface area contributed by atoms with Gasteiger partial charge < -0.3 is 8.94 Å². The van der Waals surface area contributed by atoms with Crippen molar-refractivity contribution in [3.05, 3.63) is 97.2 Å². The lowest BCUT2D eigenvalue weighted by Crippen LogP contribution is -2.23. The minimum atomic E-state index is 0.0408. The third-order valence-electron chi connectivity index (χ3n) is 10.9. The van der Waals surface area contributed by atoms with Crippen LogP contribution in [0.2, 0.25) is 0 Å². The Morgan fingerprint density at radius 3 is 1.15 bits per heavy atom. The molecule has 0 aliphatic rings. The molecule has 0 fully saturated rings. The highest BCUT2D eigenvalue weighted by atomic mass is 32.1. The molecule has 5 rings (SSSR count). The summed E-state index contributed by atoms with van der Waals surface area (Å²) in [6, 6.07) is 4.35. The van der Waals surface area contributed by atoms with Gasteiger partial charge in [-0.05, 0) is 89.2 Å². The molecule has 0 N–H and O–H groups in total. The fraction of sp³-hybridized carbons (Fsp3) is 0.707. The minimum absolute atomic E-state index is 0.0408. The average molecular weight is 950 g/mol. The summed E-state index contributed by atoms with van der Waals surface area (Å²) in [5.74, 6) is 2.11. The molecular formula is C58H100N4O2S2. The molecule has 0 aromatic carbocycles. The third-order valence-corrected chi connectivity index (χ3v) is 13.5. The van der Waals surface area contributed by atoms with Crippen molar-refractivity contribution < 1.29 is 8.94 Å². The van der Waals surface area contributed by atoms with Crippen LogP contribution in [0.4, 0.5) is 0 Å². The number of hydrogen-bond donors (Lipinski definition) is 0. The molecule has 0 aliphatic carbocycles. The smallest absolute Gasteiger partial charge is 0.145 e. The Balaban J connectivity index is 0.000000413. The Labute approximate surface area is 415 Å².